The van der Waals surface area contributed by atoms with E-state index in [1.54, 1.807) is 6.07 Å². The summed E-state index contributed by atoms with van der Waals surface area (Å²) in [7, 11) is -3.66. The summed E-state index contributed by atoms with van der Waals surface area (Å²) in [5, 5.41) is 11.9. The lowest BCUT2D eigenvalue weighted by Crippen LogP contribution is -2.28. The van der Waals surface area contributed by atoms with Crippen molar-refractivity contribution in [2.45, 2.75) is 11.3 Å². The molecule has 1 aliphatic heterocycles. The van der Waals surface area contributed by atoms with E-state index in [2.05, 4.69) is 0 Å². The smallest absolute Gasteiger partial charge is 0.266 e. The molecule has 3 rings (SSSR count). The maximum absolute atomic E-state index is 12.6. The van der Waals surface area contributed by atoms with Gasteiger partial charge in [-0.3, -0.25) is 14.4 Å². The number of hydrogen-bond acceptors (Lipinski definition) is 4. The van der Waals surface area contributed by atoms with Gasteiger partial charge in [-0.25, -0.2) is 8.42 Å². The predicted octanol–water partition coefficient (Wildman–Crippen LogP) is 2.89. The molecule has 8 heteroatoms. The van der Waals surface area contributed by atoms with Gasteiger partial charge in [0.1, 0.15) is 0 Å². The van der Waals surface area contributed by atoms with Crippen LogP contribution in [-0.2, 0) is 10.0 Å². The van der Waals surface area contributed by atoms with Gasteiger partial charge in [-0.2, -0.15) is 0 Å². The second-order valence-electron chi connectivity index (χ2n) is 4.66. The summed E-state index contributed by atoms with van der Waals surface area (Å²) in [5.74, 6) is 0.346. The molecule has 0 atom stereocenters. The van der Waals surface area contributed by atoms with Crippen LogP contribution < -0.4 is 4.31 Å². The number of nitro benzene ring substituents is 1. The zero-order valence-electron chi connectivity index (χ0n) is 10.8. The fourth-order valence-electron chi connectivity index (χ4n) is 2.61. The monoisotopic (exact) mass is 326 g/mol. The van der Waals surface area contributed by atoms with Crippen LogP contribution in [0.3, 0.4) is 0 Å². The Bertz CT molecular complexity index is 851. The standard InChI is InChI=1S/C13H11ClN2O4S/c14-7-2-8-15-11-6-5-10(16(17)18)9-3-1-4-12(13(9)11)21(15,19)20/h1,3-6H,2,7-8H2. The fourth-order valence-corrected chi connectivity index (χ4v) is 4.47. The maximum atomic E-state index is 12.6. The van der Waals surface area contributed by atoms with Crippen LogP contribution in [0, 0.1) is 10.1 Å². The Kier molecular flexibility index (Phi) is 3.26. The Morgan fingerprint density at radius 1 is 1.24 bits per heavy atom. The summed E-state index contributed by atoms with van der Waals surface area (Å²) >= 11 is 5.64. The van der Waals surface area contributed by atoms with Gasteiger partial charge in [0.05, 0.1) is 20.9 Å². The van der Waals surface area contributed by atoms with Crippen LogP contribution in [0.1, 0.15) is 6.42 Å². The van der Waals surface area contributed by atoms with Gasteiger partial charge in [-0.1, -0.05) is 6.07 Å². The molecular weight excluding hydrogens is 316 g/mol. The van der Waals surface area contributed by atoms with E-state index in [-0.39, 0.29) is 17.1 Å². The van der Waals surface area contributed by atoms with Crippen molar-refractivity contribution in [1.29, 1.82) is 0 Å². The number of rotatable bonds is 4. The van der Waals surface area contributed by atoms with Gasteiger partial charge in [-0.15, -0.1) is 11.6 Å². The van der Waals surface area contributed by atoms with Crippen molar-refractivity contribution in [2.24, 2.45) is 0 Å². The number of nitrogens with zero attached hydrogens (tertiary/aromatic N) is 2. The SMILES string of the molecule is O=[N+]([O-])c1ccc2c3c(cccc13)S(=O)(=O)N2CCCCl. The highest BCUT2D eigenvalue weighted by Gasteiger charge is 2.36. The number of benzene rings is 2. The molecule has 0 N–H and O–H groups in total. The molecule has 0 amide bonds. The molecule has 0 saturated carbocycles. The first-order valence-corrected chi connectivity index (χ1v) is 8.25. The summed E-state index contributed by atoms with van der Waals surface area (Å²) in [6.45, 7) is 0.257. The molecule has 0 bridgehead atoms. The third kappa shape index (κ3) is 1.96. The average molecular weight is 327 g/mol. The fraction of sp³-hybridized carbons (Fsp3) is 0.231. The van der Waals surface area contributed by atoms with E-state index in [0.29, 0.717) is 28.8 Å². The van der Waals surface area contributed by atoms with Crippen molar-refractivity contribution < 1.29 is 13.3 Å². The molecular formula is C13H11ClN2O4S. The maximum Gasteiger partial charge on any atom is 0.277 e. The minimum Gasteiger partial charge on any atom is -0.266 e. The number of anilines is 1. The van der Waals surface area contributed by atoms with Crippen LogP contribution in [0.5, 0.6) is 0 Å². The lowest BCUT2D eigenvalue weighted by atomic mass is 10.1. The third-order valence-corrected chi connectivity index (χ3v) is 5.61. The molecule has 0 radical (unpaired) electrons. The highest BCUT2D eigenvalue weighted by atomic mass is 35.5. The first kappa shape index (κ1) is 14.1. The molecule has 0 aromatic heterocycles. The molecule has 1 heterocycles. The molecule has 0 fully saturated rings. The summed E-state index contributed by atoms with van der Waals surface area (Å²) in [6, 6.07) is 7.41. The quantitative estimate of drug-likeness (QED) is 0.491. The Labute approximate surface area is 126 Å². The van der Waals surface area contributed by atoms with E-state index >= 15 is 0 Å². The molecule has 21 heavy (non-hydrogen) atoms. The minimum atomic E-state index is -3.66. The van der Waals surface area contributed by atoms with E-state index in [9.17, 15) is 18.5 Å². The first-order chi connectivity index (χ1) is 9.98. The van der Waals surface area contributed by atoms with Crippen molar-refractivity contribution in [3.63, 3.8) is 0 Å². The van der Waals surface area contributed by atoms with Crippen LogP contribution in [-0.4, -0.2) is 25.8 Å². The van der Waals surface area contributed by atoms with Gasteiger partial charge in [0.25, 0.3) is 15.7 Å². The van der Waals surface area contributed by atoms with Crippen molar-refractivity contribution in [2.75, 3.05) is 16.7 Å². The van der Waals surface area contributed by atoms with Gasteiger partial charge in [0.2, 0.25) is 0 Å². The Hall–Kier alpha value is -1.86. The van der Waals surface area contributed by atoms with Crippen LogP contribution in [0.25, 0.3) is 10.8 Å². The van der Waals surface area contributed by atoms with Crippen LogP contribution in [0.15, 0.2) is 35.2 Å². The number of alkyl halides is 1. The van der Waals surface area contributed by atoms with Crippen LogP contribution >= 0.6 is 11.6 Å². The van der Waals surface area contributed by atoms with Crippen molar-refractivity contribution in [1.82, 2.24) is 0 Å². The summed E-state index contributed by atoms with van der Waals surface area (Å²) in [4.78, 5) is 10.7. The highest BCUT2D eigenvalue weighted by molar-refractivity contribution is 7.93. The zero-order valence-corrected chi connectivity index (χ0v) is 12.4. The molecule has 2 aromatic rings. The van der Waals surface area contributed by atoms with Crippen molar-refractivity contribution in [3.05, 3.63) is 40.4 Å². The van der Waals surface area contributed by atoms with E-state index < -0.39 is 14.9 Å². The Morgan fingerprint density at radius 2 is 2.00 bits per heavy atom. The first-order valence-electron chi connectivity index (χ1n) is 6.27. The number of nitro groups is 1. The molecule has 0 spiro atoms. The normalized spacial score (nSPS) is 15.6. The van der Waals surface area contributed by atoms with E-state index in [1.807, 2.05) is 0 Å². The number of hydrogen-bond donors (Lipinski definition) is 0. The van der Waals surface area contributed by atoms with E-state index in [0.717, 1.165) is 0 Å². The van der Waals surface area contributed by atoms with Crippen LogP contribution in [0.2, 0.25) is 0 Å². The second-order valence-corrected chi connectivity index (χ2v) is 6.87. The predicted molar refractivity (Wildman–Crippen MR) is 80.5 cm³/mol. The number of halogens is 1. The van der Waals surface area contributed by atoms with Crippen LogP contribution in [0.4, 0.5) is 11.4 Å². The molecule has 6 nitrogen and oxygen atoms in total. The second kappa shape index (κ2) is 4.85. The topological polar surface area (TPSA) is 80.5 Å². The lowest BCUT2D eigenvalue weighted by molar-refractivity contribution is -0.383. The largest absolute Gasteiger partial charge is 0.277 e. The van der Waals surface area contributed by atoms with Crippen molar-refractivity contribution >= 4 is 43.8 Å². The lowest BCUT2D eigenvalue weighted by Gasteiger charge is -2.17. The molecule has 0 aliphatic carbocycles. The third-order valence-electron chi connectivity index (χ3n) is 3.49. The molecule has 0 unspecified atom stereocenters. The number of sulfonamides is 1. The minimum absolute atomic E-state index is 0.0926. The Morgan fingerprint density at radius 3 is 2.67 bits per heavy atom. The van der Waals surface area contributed by atoms with Gasteiger partial charge >= 0.3 is 0 Å². The summed E-state index contributed by atoms with van der Waals surface area (Å²) in [6.07, 6.45) is 0.507. The van der Waals surface area contributed by atoms with E-state index in [1.165, 1.54) is 28.6 Å². The zero-order chi connectivity index (χ0) is 15.2. The van der Waals surface area contributed by atoms with Crippen molar-refractivity contribution in [3.8, 4) is 0 Å². The highest BCUT2D eigenvalue weighted by Crippen LogP contribution is 2.44. The molecule has 1 aliphatic rings. The van der Waals surface area contributed by atoms with E-state index in [4.69, 9.17) is 11.6 Å². The average Bonchev–Trinajstić information content (AvgIpc) is 2.67. The molecule has 2 aromatic carbocycles. The molecule has 110 valence electrons. The summed E-state index contributed by atoms with van der Waals surface area (Å²) in [5.41, 5.74) is 0.390. The van der Waals surface area contributed by atoms with Gasteiger partial charge in [0.15, 0.2) is 0 Å². The van der Waals surface area contributed by atoms with Gasteiger partial charge < -0.3 is 0 Å². The Balaban J connectivity index is 2.33. The molecule has 0 saturated heterocycles. The summed E-state index contributed by atoms with van der Waals surface area (Å²) < 4.78 is 26.4. The number of non-ortho nitro benzene ring substituents is 1. The van der Waals surface area contributed by atoms with Gasteiger partial charge in [-0.05, 0) is 24.6 Å². The van der Waals surface area contributed by atoms with Gasteiger partial charge in [0, 0.05) is 23.9 Å².